The molecular formula is C15H23N3O5S. The lowest BCUT2D eigenvalue weighted by Gasteiger charge is -2.30. The van der Waals surface area contributed by atoms with E-state index in [2.05, 4.69) is 15.6 Å². The van der Waals surface area contributed by atoms with E-state index in [1.807, 2.05) is 6.07 Å². The van der Waals surface area contributed by atoms with Gasteiger partial charge >= 0.3 is 6.09 Å². The summed E-state index contributed by atoms with van der Waals surface area (Å²) in [5, 5.41) is 0. The fraction of sp³-hybridized carbons (Fsp3) is 0.467. The minimum absolute atomic E-state index is 0.148. The number of ether oxygens (including phenoxy) is 1. The third kappa shape index (κ3) is 4.85. The largest absolute Gasteiger partial charge is 0.449 e. The van der Waals surface area contributed by atoms with Crippen molar-refractivity contribution in [2.24, 2.45) is 0 Å². The number of nitrogens with one attached hydrogen (secondary N) is 2. The third-order valence-electron chi connectivity index (χ3n) is 3.31. The van der Waals surface area contributed by atoms with Gasteiger partial charge in [-0.05, 0) is 38.8 Å². The molecule has 0 heterocycles. The highest BCUT2D eigenvalue weighted by molar-refractivity contribution is 7.92. The zero-order chi connectivity index (χ0) is 18.5. The lowest BCUT2D eigenvalue weighted by molar-refractivity contribution is -0.122. The number of sulfonamides is 1. The Morgan fingerprint density at radius 1 is 1.21 bits per heavy atom. The highest BCUT2D eigenvalue weighted by atomic mass is 32.2. The van der Waals surface area contributed by atoms with Gasteiger partial charge in [-0.2, -0.15) is 0 Å². The molecule has 1 rings (SSSR count). The van der Waals surface area contributed by atoms with Gasteiger partial charge < -0.3 is 4.74 Å². The molecule has 0 fully saturated rings. The van der Waals surface area contributed by atoms with Crippen LogP contribution >= 0.6 is 0 Å². The number of anilines is 1. The van der Waals surface area contributed by atoms with Gasteiger partial charge in [-0.15, -0.1) is 0 Å². The van der Waals surface area contributed by atoms with Gasteiger partial charge in [-0.3, -0.25) is 14.5 Å². The van der Waals surface area contributed by atoms with E-state index in [0.29, 0.717) is 5.69 Å². The molecule has 1 unspecified atom stereocenters. The molecule has 1 atom stereocenters. The number of hydrogen-bond acceptors (Lipinski definition) is 5. The predicted molar refractivity (Wildman–Crippen MR) is 91.0 cm³/mol. The lowest BCUT2D eigenvalue weighted by atomic mass is 10.1. The molecule has 0 saturated heterocycles. The minimum atomic E-state index is -3.73. The van der Waals surface area contributed by atoms with Crippen LogP contribution in [-0.4, -0.2) is 39.3 Å². The average molecular weight is 357 g/mol. The fourth-order valence-corrected chi connectivity index (χ4v) is 3.58. The second-order valence-electron chi connectivity index (χ2n) is 5.31. The van der Waals surface area contributed by atoms with Gasteiger partial charge in [0.25, 0.3) is 5.91 Å². The Hall–Kier alpha value is -2.29. The van der Waals surface area contributed by atoms with E-state index in [0.717, 1.165) is 21.7 Å². The van der Waals surface area contributed by atoms with Gasteiger partial charge in [-0.25, -0.2) is 18.6 Å². The van der Waals surface area contributed by atoms with Crippen LogP contribution in [0, 0.1) is 13.8 Å². The Bertz CT molecular complexity index is 698. The van der Waals surface area contributed by atoms with Crippen LogP contribution in [0.1, 0.15) is 25.0 Å². The summed E-state index contributed by atoms with van der Waals surface area (Å²) < 4.78 is 30.2. The maximum absolute atomic E-state index is 12.3. The molecule has 0 bridgehead atoms. The summed E-state index contributed by atoms with van der Waals surface area (Å²) in [6, 6.07) is 4.27. The molecule has 134 valence electrons. The molecule has 1 aromatic rings. The van der Waals surface area contributed by atoms with E-state index < -0.39 is 28.1 Å². The number of carbonyl (C=O) groups is 2. The minimum Gasteiger partial charge on any atom is -0.449 e. The molecule has 0 saturated carbocycles. The van der Waals surface area contributed by atoms with E-state index in [4.69, 9.17) is 0 Å². The van der Waals surface area contributed by atoms with Gasteiger partial charge in [0.15, 0.2) is 0 Å². The van der Waals surface area contributed by atoms with Crippen LogP contribution in [0.4, 0.5) is 10.5 Å². The molecule has 2 N–H and O–H groups in total. The van der Waals surface area contributed by atoms with E-state index in [-0.39, 0.29) is 6.61 Å². The monoisotopic (exact) mass is 357 g/mol. The second kappa shape index (κ2) is 8.00. The zero-order valence-corrected chi connectivity index (χ0v) is 15.2. The summed E-state index contributed by atoms with van der Waals surface area (Å²) in [6.07, 6.45) is 0.206. The first kappa shape index (κ1) is 19.8. The first-order valence-electron chi connectivity index (χ1n) is 7.37. The molecule has 0 spiro atoms. The van der Waals surface area contributed by atoms with E-state index in [1.165, 1.54) is 6.92 Å². The first-order chi connectivity index (χ1) is 11.1. The molecule has 0 aromatic heterocycles. The molecule has 24 heavy (non-hydrogen) atoms. The maximum atomic E-state index is 12.3. The van der Waals surface area contributed by atoms with E-state index in [9.17, 15) is 18.0 Å². The molecule has 2 amide bonds. The van der Waals surface area contributed by atoms with Gasteiger partial charge in [0.1, 0.15) is 6.04 Å². The van der Waals surface area contributed by atoms with Gasteiger partial charge in [0.05, 0.1) is 18.6 Å². The summed E-state index contributed by atoms with van der Waals surface area (Å²) in [5.74, 6) is -0.684. The number of benzene rings is 1. The van der Waals surface area contributed by atoms with Crippen molar-refractivity contribution in [2.75, 3.05) is 17.2 Å². The number of aryl methyl sites for hydroxylation is 2. The van der Waals surface area contributed by atoms with E-state index >= 15 is 0 Å². The Morgan fingerprint density at radius 3 is 2.21 bits per heavy atom. The average Bonchev–Trinajstić information content (AvgIpc) is 2.47. The number of hydrogen-bond donors (Lipinski definition) is 2. The zero-order valence-electron chi connectivity index (χ0n) is 14.4. The Labute approximate surface area is 142 Å². The molecule has 1 aromatic carbocycles. The molecule has 0 aliphatic rings. The predicted octanol–water partition coefficient (Wildman–Crippen LogP) is 1.24. The quantitative estimate of drug-likeness (QED) is 0.771. The fourth-order valence-electron chi connectivity index (χ4n) is 2.29. The molecule has 9 heteroatoms. The Kier molecular flexibility index (Phi) is 6.59. The number of nitrogens with zero attached hydrogens (tertiary/aromatic N) is 1. The molecule has 8 nitrogen and oxygen atoms in total. The normalized spacial score (nSPS) is 12.2. The second-order valence-corrected chi connectivity index (χ2v) is 7.17. The smallest absolute Gasteiger partial charge is 0.426 e. The summed E-state index contributed by atoms with van der Waals surface area (Å²) in [7, 11) is -3.73. The van der Waals surface area contributed by atoms with Crippen molar-refractivity contribution in [3.63, 3.8) is 0 Å². The van der Waals surface area contributed by atoms with Crippen LogP contribution in [0.3, 0.4) is 0 Å². The van der Waals surface area contributed by atoms with Crippen molar-refractivity contribution in [3.05, 3.63) is 29.3 Å². The number of rotatable bonds is 5. The van der Waals surface area contributed by atoms with Gasteiger partial charge in [0.2, 0.25) is 10.0 Å². The first-order valence-corrected chi connectivity index (χ1v) is 9.22. The van der Waals surface area contributed by atoms with Crippen LogP contribution in [0.25, 0.3) is 0 Å². The molecule has 0 radical (unpaired) electrons. The highest BCUT2D eigenvalue weighted by Gasteiger charge is 2.31. The van der Waals surface area contributed by atoms with Crippen LogP contribution in [0.15, 0.2) is 18.2 Å². The number of amides is 2. The van der Waals surface area contributed by atoms with Crippen molar-refractivity contribution in [1.29, 1.82) is 0 Å². The van der Waals surface area contributed by atoms with Crippen molar-refractivity contribution in [3.8, 4) is 0 Å². The summed E-state index contributed by atoms with van der Waals surface area (Å²) in [4.78, 5) is 23.5. The molecule has 0 aliphatic heterocycles. The van der Waals surface area contributed by atoms with E-state index in [1.54, 1.807) is 32.9 Å². The maximum Gasteiger partial charge on any atom is 0.426 e. The number of carbonyl (C=O) groups excluding carboxylic acids is 2. The molecular weight excluding hydrogens is 334 g/mol. The van der Waals surface area contributed by atoms with Crippen molar-refractivity contribution in [2.45, 2.75) is 33.7 Å². The highest BCUT2D eigenvalue weighted by Crippen LogP contribution is 2.28. The SMILES string of the molecule is CCOC(=O)NNC(=O)C(C)N(c1c(C)cccc1C)S(C)(=O)=O. The van der Waals surface area contributed by atoms with Crippen LogP contribution in [0.5, 0.6) is 0 Å². The van der Waals surface area contributed by atoms with Gasteiger partial charge in [0, 0.05) is 0 Å². The van der Waals surface area contributed by atoms with Crippen molar-refractivity contribution in [1.82, 2.24) is 10.9 Å². The van der Waals surface area contributed by atoms with Crippen LogP contribution in [0.2, 0.25) is 0 Å². The summed E-state index contributed by atoms with van der Waals surface area (Å²) >= 11 is 0. The number of para-hydroxylation sites is 1. The van der Waals surface area contributed by atoms with Crippen LogP contribution < -0.4 is 15.2 Å². The number of hydrazine groups is 1. The van der Waals surface area contributed by atoms with Gasteiger partial charge in [-0.1, -0.05) is 18.2 Å². The van der Waals surface area contributed by atoms with Crippen LogP contribution in [-0.2, 0) is 19.6 Å². The standard InChI is InChI=1S/C15H23N3O5S/c1-6-23-15(20)17-16-14(19)12(4)18(24(5,21)22)13-10(2)8-7-9-11(13)3/h7-9,12H,6H2,1-5H3,(H,16,19)(H,17,20). The summed E-state index contributed by atoms with van der Waals surface area (Å²) in [6.45, 7) is 6.74. The van der Waals surface area contributed by atoms with Crippen molar-refractivity contribution >= 4 is 27.7 Å². The Morgan fingerprint density at radius 2 is 1.75 bits per heavy atom. The topological polar surface area (TPSA) is 105 Å². The summed E-state index contributed by atoms with van der Waals surface area (Å²) in [5.41, 5.74) is 6.11. The lowest BCUT2D eigenvalue weighted by Crippen LogP contribution is -2.53. The molecule has 0 aliphatic carbocycles. The Balaban J connectivity index is 3.10. The third-order valence-corrected chi connectivity index (χ3v) is 4.52. The van der Waals surface area contributed by atoms with Crippen molar-refractivity contribution < 1.29 is 22.7 Å².